The van der Waals surface area contributed by atoms with E-state index in [4.69, 9.17) is 23.2 Å². The lowest BCUT2D eigenvalue weighted by atomic mass is 9.90. The second-order valence-electron chi connectivity index (χ2n) is 5.07. The van der Waals surface area contributed by atoms with Crippen LogP contribution in [0.1, 0.15) is 21.8 Å². The summed E-state index contributed by atoms with van der Waals surface area (Å²) in [6, 6.07) is 9.92. The van der Waals surface area contributed by atoms with E-state index in [1.54, 1.807) is 12.1 Å². The van der Waals surface area contributed by atoms with Crippen molar-refractivity contribution in [1.29, 1.82) is 0 Å². The third-order valence-corrected chi connectivity index (χ3v) is 4.40. The lowest BCUT2D eigenvalue weighted by molar-refractivity contribution is 0.112. The second-order valence-corrected chi connectivity index (χ2v) is 5.88. The second kappa shape index (κ2) is 5.66. The molecule has 1 saturated heterocycles. The molecule has 2 nitrogen and oxygen atoms in total. The lowest BCUT2D eigenvalue weighted by Gasteiger charge is -2.42. The SMILES string of the molecule is O=Cc1ccc(N2CC(c3c(Cl)cccc3Cl)C2)c(F)c1. The van der Waals surface area contributed by atoms with Gasteiger partial charge >= 0.3 is 0 Å². The van der Waals surface area contributed by atoms with E-state index in [2.05, 4.69) is 0 Å². The molecular formula is C16H12Cl2FNO. The molecule has 2 aromatic carbocycles. The highest BCUT2D eigenvalue weighted by Gasteiger charge is 2.32. The van der Waals surface area contributed by atoms with Gasteiger partial charge in [0.15, 0.2) is 0 Å². The smallest absolute Gasteiger partial charge is 0.150 e. The molecule has 2 aromatic rings. The largest absolute Gasteiger partial charge is 0.368 e. The van der Waals surface area contributed by atoms with Crippen molar-refractivity contribution >= 4 is 35.2 Å². The first-order valence-electron chi connectivity index (χ1n) is 6.53. The van der Waals surface area contributed by atoms with Gasteiger partial charge in [-0.15, -0.1) is 0 Å². The molecule has 0 amide bonds. The Bertz CT molecular complexity index is 678. The van der Waals surface area contributed by atoms with Crippen LogP contribution >= 0.6 is 23.2 Å². The third kappa shape index (κ3) is 2.63. The molecule has 0 bridgehead atoms. The van der Waals surface area contributed by atoms with E-state index in [1.165, 1.54) is 6.07 Å². The maximum atomic E-state index is 13.9. The zero-order chi connectivity index (χ0) is 15.0. The number of carbonyl (C=O) groups is 1. The number of hydrogen-bond acceptors (Lipinski definition) is 2. The van der Waals surface area contributed by atoms with Gasteiger partial charge in [-0.25, -0.2) is 4.39 Å². The summed E-state index contributed by atoms with van der Waals surface area (Å²) in [4.78, 5) is 12.5. The fourth-order valence-corrected chi connectivity index (χ4v) is 3.32. The minimum atomic E-state index is -0.386. The third-order valence-electron chi connectivity index (χ3n) is 3.74. The van der Waals surface area contributed by atoms with E-state index in [0.717, 1.165) is 5.56 Å². The molecule has 0 aromatic heterocycles. The van der Waals surface area contributed by atoms with Crippen molar-refractivity contribution in [3.05, 3.63) is 63.4 Å². The molecule has 108 valence electrons. The number of anilines is 1. The van der Waals surface area contributed by atoms with Crippen molar-refractivity contribution in [3.63, 3.8) is 0 Å². The van der Waals surface area contributed by atoms with Crippen LogP contribution in [0.5, 0.6) is 0 Å². The molecule has 0 aliphatic carbocycles. The minimum absolute atomic E-state index is 0.191. The molecular weight excluding hydrogens is 312 g/mol. The van der Waals surface area contributed by atoms with Gasteiger partial charge in [0.05, 0.1) is 5.69 Å². The van der Waals surface area contributed by atoms with Gasteiger partial charge in [0.25, 0.3) is 0 Å². The van der Waals surface area contributed by atoms with Crippen LogP contribution in [-0.4, -0.2) is 19.4 Å². The molecule has 21 heavy (non-hydrogen) atoms. The molecule has 1 aliphatic heterocycles. The molecule has 0 N–H and O–H groups in total. The first-order chi connectivity index (χ1) is 10.1. The van der Waals surface area contributed by atoms with E-state index in [9.17, 15) is 9.18 Å². The molecule has 0 atom stereocenters. The predicted molar refractivity (Wildman–Crippen MR) is 83.2 cm³/mol. The zero-order valence-electron chi connectivity index (χ0n) is 11.0. The van der Waals surface area contributed by atoms with E-state index in [1.807, 2.05) is 23.1 Å². The quantitative estimate of drug-likeness (QED) is 0.772. The number of halogens is 3. The van der Waals surface area contributed by atoms with Crippen molar-refractivity contribution in [3.8, 4) is 0 Å². The molecule has 0 unspecified atom stereocenters. The maximum Gasteiger partial charge on any atom is 0.150 e. The Morgan fingerprint density at radius 2 is 1.81 bits per heavy atom. The highest BCUT2D eigenvalue weighted by molar-refractivity contribution is 6.36. The van der Waals surface area contributed by atoms with Gasteiger partial charge < -0.3 is 4.90 Å². The topological polar surface area (TPSA) is 20.3 Å². The summed E-state index contributed by atoms with van der Waals surface area (Å²) in [6.07, 6.45) is 0.634. The van der Waals surface area contributed by atoms with Crippen LogP contribution in [0, 0.1) is 5.82 Å². The van der Waals surface area contributed by atoms with E-state index < -0.39 is 0 Å². The summed E-state index contributed by atoms with van der Waals surface area (Å²) < 4.78 is 13.9. The Labute approximate surface area is 132 Å². The minimum Gasteiger partial charge on any atom is -0.368 e. The fraction of sp³-hybridized carbons (Fsp3) is 0.188. The Balaban J connectivity index is 1.78. The van der Waals surface area contributed by atoms with Gasteiger partial charge in [-0.2, -0.15) is 0 Å². The van der Waals surface area contributed by atoms with Crippen molar-refractivity contribution in [2.24, 2.45) is 0 Å². The van der Waals surface area contributed by atoms with Crippen molar-refractivity contribution in [2.75, 3.05) is 18.0 Å². The lowest BCUT2D eigenvalue weighted by Crippen LogP contribution is -2.45. The number of hydrogen-bond donors (Lipinski definition) is 0. The Morgan fingerprint density at radius 3 is 2.38 bits per heavy atom. The van der Waals surface area contributed by atoms with Gasteiger partial charge in [0.2, 0.25) is 0 Å². The Hall–Kier alpha value is -1.58. The summed E-state index contributed by atoms with van der Waals surface area (Å²) in [5.41, 5.74) is 1.75. The van der Waals surface area contributed by atoms with E-state index in [-0.39, 0.29) is 11.7 Å². The van der Waals surface area contributed by atoms with Crippen molar-refractivity contribution in [2.45, 2.75) is 5.92 Å². The molecule has 1 fully saturated rings. The van der Waals surface area contributed by atoms with Gasteiger partial charge in [0, 0.05) is 34.6 Å². The van der Waals surface area contributed by atoms with Crippen LogP contribution in [-0.2, 0) is 0 Å². The van der Waals surface area contributed by atoms with Crippen LogP contribution in [0.25, 0.3) is 0 Å². The molecule has 0 saturated carbocycles. The molecule has 0 radical (unpaired) electrons. The number of aldehydes is 1. The molecule has 1 heterocycles. The maximum absolute atomic E-state index is 13.9. The predicted octanol–water partition coefficient (Wildman–Crippen LogP) is 4.55. The van der Waals surface area contributed by atoms with Gasteiger partial charge in [0.1, 0.15) is 12.1 Å². The summed E-state index contributed by atoms with van der Waals surface area (Å²) in [5.74, 6) is -0.195. The van der Waals surface area contributed by atoms with E-state index in [0.29, 0.717) is 40.7 Å². The number of nitrogens with zero attached hydrogens (tertiary/aromatic N) is 1. The van der Waals surface area contributed by atoms with Crippen molar-refractivity contribution in [1.82, 2.24) is 0 Å². The van der Waals surface area contributed by atoms with Crippen LogP contribution in [0.15, 0.2) is 36.4 Å². The molecule has 3 rings (SSSR count). The molecule has 1 aliphatic rings. The van der Waals surface area contributed by atoms with Gasteiger partial charge in [-0.3, -0.25) is 4.79 Å². The number of carbonyl (C=O) groups excluding carboxylic acids is 1. The Morgan fingerprint density at radius 1 is 1.14 bits per heavy atom. The zero-order valence-corrected chi connectivity index (χ0v) is 12.5. The van der Waals surface area contributed by atoms with Crippen LogP contribution < -0.4 is 4.90 Å². The van der Waals surface area contributed by atoms with Gasteiger partial charge in [-0.05, 0) is 35.9 Å². The summed E-state index contributed by atoms with van der Waals surface area (Å²) in [5, 5.41) is 1.29. The van der Waals surface area contributed by atoms with E-state index >= 15 is 0 Å². The monoisotopic (exact) mass is 323 g/mol. The number of rotatable bonds is 3. The average Bonchev–Trinajstić information content (AvgIpc) is 2.41. The van der Waals surface area contributed by atoms with Crippen LogP contribution in [0.3, 0.4) is 0 Å². The van der Waals surface area contributed by atoms with Crippen LogP contribution in [0.4, 0.5) is 10.1 Å². The fourth-order valence-electron chi connectivity index (χ4n) is 2.61. The molecule has 5 heteroatoms. The summed E-state index contributed by atoms with van der Waals surface area (Å²) in [7, 11) is 0. The first-order valence-corrected chi connectivity index (χ1v) is 7.29. The normalized spacial score (nSPS) is 14.9. The summed E-state index contributed by atoms with van der Waals surface area (Å²) >= 11 is 12.4. The number of benzene rings is 2. The van der Waals surface area contributed by atoms with Gasteiger partial charge in [-0.1, -0.05) is 29.3 Å². The standard InChI is InChI=1S/C16H12Cl2FNO/c17-12-2-1-3-13(18)16(12)11-7-20(8-11)15-5-4-10(9-21)6-14(15)19/h1-6,9,11H,7-8H2. The van der Waals surface area contributed by atoms with Crippen LogP contribution in [0.2, 0.25) is 10.0 Å². The van der Waals surface area contributed by atoms with Crippen molar-refractivity contribution < 1.29 is 9.18 Å². The first kappa shape index (κ1) is 14.4. The Kier molecular flexibility index (Phi) is 3.87. The molecule has 0 spiro atoms. The highest BCUT2D eigenvalue weighted by Crippen LogP contribution is 2.39. The average molecular weight is 324 g/mol. The summed E-state index contributed by atoms with van der Waals surface area (Å²) in [6.45, 7) is 1.31. The highest BCUT2D eigenvalue weighted by atomic mass is 35.5.